The van der Waals surface area contributed by atoms with Crippen molar-refractivity contribution in [1.29, 1.82) is 0 Å². The number of hydrogen-bond acceptors (Lipinski definition) is 10. The smallest absolute Gasteiger partial charge is 0.422 e. The lowest BCUT2D eigenvalue weighted by molar-refractivity contribution is -0.153. The number of halogens is 3. The maximum absolute atomic E-state index is 14.1. The highest BCUT2D eigenvalue weighted by Gasteiger charge is 2.48. The molecule has 12 nitrogen and oxygen atoms in total. The molecule has 312 valence electrons. The van der Waals surface area contributed by atoms with Crippen molar-refractivity contribution in [1.82, 2.24) is 30.0 Å². The van der Waals surface area contributed by atoms with Crippen molar-refractivity contribution in [3.8, 4) is 22.9 Å². The summed E-state index contributed by atoms with van der Waals surface area (Å²) in [5.74, 6) is 1.18. The average Bonchev–Trinajstić information content (AvgIpc) is 3.65. The van der Waals surface area contributed by atoms with Gasteiger partial charge in [-0.3, -0.25) is 5.10 Å². The quantitative estimate of drug-likeness (QED) is 0.178. The Morgan fingerprint density at radius 1 is 1.02 bits per heavy atom. The molecule has 4 fully saturated rings. The first-order valence-electron chi connectivity index (χ1n) is 20.5. The number of carbonyl (C=O) groups excluding carboxylic acids is 1. The van der Waals surface area contributed by atoms with E-state index >= 15 is 0 Å². The highest BCUT2D eigenvalue weighted by molar-refractivity contribution is 6.07. The van der Waals surface area contributed by atoms with Crippen LogP contribution in [0.5, 0.6) is 11.8 Å². The highest BCUT2D eigenvalue weighted by atomic mass is 19.4. The Morgan fingerprint density at radius 3 is 2.41 bits per heavy atom. The van der Waals surface area contributed by atoms with Crippen LogP contribution in [0.1, 0.15) is 70.4 Å². The molecule has 58 heavy (non-hydrogen) atoms. The third-order valence-electron chi connectivity index (χ3n) is 12.1. The number of H-pyrrole nitrogens is 1. The Labute approximate surface area is 337 Å². The minimum atomic E-state index is -4.62. The monoisotopic (exact) mass is 805 g/mol. The Kier molecular flexibility index (Phi) is 11.0. The van der Waals surface area contributed by atoms with Crippen LogP contribution in [0, 0.1) is 18.3 Å². The van der Waals surface area contributed by atoms with E-state index in [4.69, 9.17) is 28.9 Å². The molecule has 1 N–H and O–H groups in total. The lowest BCUT2D eigenvalue weighted by atomic mass is 9.72. The third-order valence-corrected chi connectivity index (χ3v) is 12.1. The number of benzene rings is 2. The van der Waals surface area contributed by atoms with Crippen molar-refractivity contribution in [2.75, 3.05) is 70.5 Å². The molecular formula is C43H54F3N7O5. The summed E-state index contributed by atoms with van der Waals surface area (Å²) in [5.41, 5.74) is 2.89. The number of likely N-dealkylation sites (tertiary alicyclic amines) is 2. The van der Waals surface area contributed by atoms with Crippen molar-refractivity contribution in [2.24, 2.45) is 11.3 Å². The number of nitrogens with zero attached hydrogens (tertiary/aromatic N) is 6. The third kappa shape index (κ3) is 8.56. The molecule has 0 unspecified atom stereocenters. The Morgan fingerprint density at radius 2 is 1.74 bits per heavy atom. The van der Waals surface area contributed by atoms with Gasteiger partial charge in [0.15, 0.2) is 12.4 Å². The van der Waals surface area contributed by atoms with Gasteiger partial charge in [-0.1, -0.05) is 18.7 Å². The number of rotatable bonds is 9. The molecule has 1 amide bonds. The van der Waals surface area contributed by atoms with Crippen LogP contribution in [0.25, 0.3) is 39.0 Å². The molecule has 0 atom stereocenters. The van der Waals surface area contributed by atoms with E-state index in [1.807, 2.05) is 45.9 Å². The maximum Gasteiger partial charge on any atom is 0.422 e. The van der Waals surface area contributed by atoms with Crippen LogP contribution in [0.2, 0.25) is 0 Å². The van der Waals surface area contributed by atoms with Crippen LogP contribution in [0.3, 0.4) is 0 Å². The zero-order valence-electron chi connectivity index (χ0n) is 33.9. The molecule has 2 aromatic heterocycles. The van der Waals surface area contributed by atoms with Crippen molar-refractivity contribution in [3.63, 3.8) is 0 Å². The number of anilines is 1. The maximum atomic E-state index is 14.1. The number of aryl methyl sites for hydroxylation is 1. The lowest BCUT2D eigenvalue weighted by Gasteiger charge is -2.53. The lowest BCUT2D eigenvalue weighted by Crippen LogP contribution is -2.62. The average molecular weight is 806 g/mol. The van der Waals surface area contributed by atoms with Crippen LogP contribution in [-0.4, -0.2) is 120 Å². The summed E-state index contributed by atoms with van der Waals surface area (Å²) < 4.78 is 65.9. The predicted octanol–water partition coefficient (Wildman–Crippen LogP) is 8.17. The summed E-state index contributed by atoms with van der Waals surface area (Å²) in [6.45, 7) is 17.0. The second-order valence-corrected chi connectivity index (χ2v) is 17.6. The number of ether oxygens (including phenoxy) is 4. The van der Waals surface area contributed by atoms with Crippen LogP contribution in [-0.2, 0) is 9.47 Å². The molecule has 2 aromatic carbocycles. The second kappa shape index (κ2) is 15.9. The normalized spacial score (nSPS) is 19.8. The molecule has 4 aromatic rings. The molecule has 1 spiro atoms. The number of amides is 1. The zero-order valence-corrected chi connectivity index (χ0v) is 33.9. The molecule has 0 aliphatic carbocycles. The van der Waals surface area contributed by atoms with E-state index in [9.17, 15) is 18.0 Å². The molecular weight excluding hydrogens is 752 g/mol. The Bertz CT molecular complexity index is 2140. The number of carbonyl (C=O) groups is 1. The van der Waals surface area contributed by atoms with Gasteiger partial charge in [0.2, 0.25) is 0 Å². The van der Waals surface area contributed by atoms with E-state index in [0.29, 0.717) is 60.0 Å². The zero-order chi connectivity index (χ0) is 40.8. The van der Waals surface area contributed by atoms with Gasteiger partial charge in [0.05, 0.1) is 11.7 Å². The molecule has 0 radical (unpaired) electrons. The van der Waals surface area contributed by atoms with E-state index in [2.05, 4.69) is 26.6 Å². The number of alkyl halides is 3. The van der Waals surface area contributed by atoms with Crippen LogP contribution >= 0.6 is 0 Å². The molecule has 0 bridgehead atoms. The number of piperidine rings is 2. The van der Waals surface area contributed by atoms with Crippen molar-refractivity contribution in [2.45, 2.75) is 84.1 Å². The number of nitrogens with one attached hydrogen (secondary N) is 1. The molecule has 6 heterocycles. The molecule has 4 aliphatic rings. The number of hydrogen-bond donors (Lipinski definition) is 1. The first-order valence-corrected chi connectivity index (χ1v) is 20.5. The van der Waals surface area contributed by atoms with Gasteiger partial charge < -0.3 is 33.6 Å². The molecule has 8 rings (SSSR count). The number of aromatic amines is 1. The van der Waals surface area contributed by atoms with Crippen LogP contribution in [0.4, 0.5) is 23.8 Å². The molecule has 0 saturated carbocycles. The van der Waals surface area contributed by atoms with Gasteiger partial charge in [0.25, 0.3) is 0 Å². The molecule has 4 aliphatic heterocycles. The van der Waals surface area contributed by atoms with E-state index in [1.54, 1.807) is 17.2 Å². The summed E-state index contributed by atoms with van der Waals surface area (Å²) in [6, 6.07) is 5.81. The van der Waals surface area contributed by atoms with Gasteiger partial charge in [-0.25, -0.2) is 4.79 Å². The first-order chi connectivity index (χ1) is 27.7. The van der Waals surface area contributed by atoms with Gasteiger partial charge in [-0.2, -0.15) is 28.2 Å². The Hall–Kier alpha value is -4.63. The van der Waals surface area contributed by atoms with Crippen LogP contribution < -0.4 is 14.4 Å². The number of fused-ring (bicyclic) bond motifs is 2. The molecule has 15 heteroatoms. The number of aromatic nitrogens is 4. The van der Waals surface area contributed by atoms with E-state index in [-0.39, 0.29) is 34.9 Å². The SMILES string of the molecule is C=Cc1cc2c(N3CCC4(CC3)CN(C(=O)OC(C)(C)C)C4)nc(OC3CCN(CC4CCOCC4)CC3)nc2c(OCC(F)(F)F)c1-c1c(C)ccc2[nH]ncc12. The second-order valence-electron chi connectivity index (χ2n) is 17.6. The van der Waals surface area contributed by atoms with E-state index in [0.717, 1.165) is 87.8 Å². The van der Waals surface area contributed by atoms with E-state index < -0.39 is 18.4 Å². The minimum absolute atomic E-state index is 0.0122. The molecule has 4 saturated heterocycles. The van der Waals surface area contributed by atoms with Crippen molar-refractivity contribution < 1.29 is 36.9 Å². The predicted molar refractivity (Wildman–Crippen MR) is 216 cm³/mol. The summed E-state index contributed by atoms with van der Waals surface area (Å²) in [5, 5.41) is 8.52. The van der Waals surface area contributed by atoms with Gasteiger partial charge in [-0.15, -0.1) is 0 Å². The van der Waals surface area contributed by atoms with Gasteiger partial charge in [0, 0.05) is 80.8 Å². The Balaban J connectivity index is 1.16. The fraction of sp³-hybridized carbons (Fsp3) is 0.581. The van der Waals surface area contributed by atoms with Crippen LogP contribution in [0.15, 0.2) is 31.0 Å². The summed E-state index contributed by atoms with van der Waals surface area (Å²) in [4.78, 5) is 29.2. The summed E-state index contributed by atoms with van der Waals surface area (Å²) in [7, 11) is 0. The largest absolute Gasteiger partial charge is 0.481 e. The van der Waals surface area contributed by atoms with Gasteiger partial charge in [0.1, 0.15) is 23.0 Å². The van der Waals surface area contributed by atoms with E-state index in [1.165, 1.54) is 0 Å². The first kappa shape index (κ1) is 40.2. The van der Waals surface area contributed by atoms with Crippen molar-refractivity contribution in [3.05, 3.63) is 42.1 Å². The van der Waals surface area contributed by atoms with Gasteiger partial charge >= 0.3 is 18.3 Å². The minimum Gasteiger partial charge on any atom is -0.481 e. The summed E-state index contributed by atoms with van der Waals surface area (Å²) >= 11 is 0. The standard InChI is InChI=1S/C43H54F3N7O5/c1-6-29-21-31-36(37(56-26-43(44,45)46)35(29)34-27(2)7-8-33-32(34)22-47-50-33)48-39(57-30-9-15-51(16-10-30)23-28-11-19-55-20-12-28)49-38(31)52-17-13-42(14-18-52)24-53(25-42)40(54)58-41(3,4)5/h6-8,21-22,28,30H,1,9-20,23-26H2,2-5H3,(H,47,50). The van der Waals surface area contributed by atoms with Crippen molar-refractivity contribution >= 4 is 39.8 Å². The fourth-order valence-corrected chi connectivity index (χ4v) is 9.07. The topological polar surface area (TPSA) is 118 Å². The summed E-state index contributed by atoms with van der Waals surface area (Å²) in [6.07, 6.45) is 3.53. The fourth-order valence-electron chi connectivity index (χ4n) is 9.07. The van der Waals surface area contributed by atoms with Gasteiger partial charge in [-0.05, 0) is 101 Å². The highest BCUT2D eigenvalue weighted by Crippen LogP contribution is 2.48.